The van der Waals surface area contributed by atoms with Crippen molar-refractivity contribution in [3.8, 4) is 0 Å². The quantitative estimate of drug-likeness (QED) is 0.567. The second-order valence-corrected chi connectivity index (χ2v) is 3.20. The number of carbonyl (C=O) groups is 1. The van der Waals surface area contributed by atoms with Crippen LogP contribution in [0.2, 0.25) is 0 Å². The van der Waals surface area contributed by atoms with Crippen LogP contribution in [0.15, 0.2) is 30.3 Å². The zero-order valence-electron chi connectivity index (χ0n) is 8.11. The number of hydrogen-bond donors (Lipinski definition) is 0. The van der Waals surface area contributed by atoms with E-state index < -0.39 is 11.3 Å². The number of para-hydroxylation sites is 1. The number of carbonyl (C=O) groups excluding carboxylic acids is 1. The highest BCUT2D eigenvalue weighted by molar-refractivity contribution is 6.65. The second-order valence-electron chi connectivity index (χ2n) is 2.82. The molecule has 0 radical (unpaired) electrons. The van der Waals surface area contributed by atoms with E-state index in [0.29, 0.717) is 0 Å². The fourth-order valence-corrected chi connectivity index (χ4v) is 1.24. The Kier molecular flexibility index (Phi) is 3.92. The lowest BCUT2D eigenvalue weighted by Crippen LogP contribution is -2.36. The van der Waals surface area contributed by atoms with Crippen LogP contribution in [-0.2, 0) is 9.63 Å². The first-order valence-corrected chi connectivity index (χ1v) is 4.62. The van der Waals surface area contributed by atoms with Gasteiger partial charge in [0.1, 0.15) is 6.04 Å². The average molecular weight is 214 g/mol. The molecule has 0 bridgehead atoms. The van der Waals surface area contributed by atoms with E-state index in [9.17, 15) is 4.79 Å². The first kappa shape index (κ1) is 11.0. The summed E-state index contributed by atoms with van der Waals surface area (Å²) >= 11 is 5.39. The van der Waals surface area contributed by atoms with Gasteiger partial charge in [0.05, 0.1) is 12.8 Å². The number of anilines is 1. The molecular weight excluding hydrogens is 202 g/mol. The van der Waals surface area contributed by atoms with E-state index in [1.54, 1.807) is 6.92 Å². The minimum Gasteiger partial charge on any atom is -0.279 e. The van der Waals surface area contributed by atoms with Crippen LogP contribution in [0.4, 0.5) is 5.69 Å². The van der Waals surface area contributed by atoms with Gasteiger partial charge in [-0.2, -0.15) is 0 Å². The Bertz CT molecular complexity index is 302. The van der Waals surface area contributed by atoms with Gasteiger partial charge in [0.25, 0.3) is 0 Å². The van der Waals surface area contributed by atoms with Gasteiger partial charge in [-0.25, -0.2) is 5.06 Å². The average Bonchev–Trinajstić information content (AvgIpc) is 2.20. The van der Waals surface area contributed by atoms with E-state index in [0.717, 1.165) is 5.69 Å². The molecule has 0 heterocycles. The molecular formula is C10H12ClNO2. The zero-order valence-corrected chi connectivity index (χ0v) is 8.86. The van der Waals surface area contributed by atoms with Gasteiger partial charge in [-0.3, -0.25) is 9.63 Å². The highest BCUT2D eigenvalue weighted by Gasteiger charge is 2.19. The zero-order chi connectivity index (χ0) is 10.6. The molecule has 1 aromatic carbocycles. The highest BCUT2D eigenvalue weighted by atomic mass is 35.5. The lowest BCUT2D eigenvalue weighted by atomic mass is 10.3. The topological polar surface area (TPSA) is 29.5 Å². The summed E-state index contributed by atoms with van der Waals surface area (Å²) in [4.78, 5) is 16.0. The van der Waals surface area contributed by atoms with Gasteiger partial charge in [0.2, 0.25) is 5.24 Å². The van der Waals surface area contributed by atoms with Crippen LogP contribution >= 0.6 is 11.6 Å². The number of rotatable bonds is 4. The molecule has 4 heteroatoms. The lowest BCUT2D eigenvalue weighted by molar-refractivity contribution is -0.114. The van der Waals surface area contributed by atoms with Gasteiger partial charge in [0.15, 0.2) is 0 Å². The molecule has 1 atom stereocenters. The summed E-state index contributed by atoms with van der Waals surface area (Å²) in [5.74, 6) is 0. The molecule has 1 aromatic rings. The van der Waals surface area contributed by atoms with Crippen molar-refractivity contribution < 1.29 is 9.63 Å². The molecule has 0 saturated heterocycles. The Balaban J connectivity index is 2.87. The van der Waals surface area contributed by atoms with Gasteiger partial charge in [-0.1, -0.05) is 18.2 Å². The summed E-state index contributed by atoms with van der Waals surface area (Å²) in [6, 6.07) is 8.83. The molecule has 0 saturated carbocycles. The van der Waals surface area contributed by atoms with E-state index in [1.165, 1.54) is 12.2 Å². The van der Waals surface area contributed by atoms with Crippen LogP contribution < -0.4 is 5.06 Å². The van der Waals surface area contributed by atoms with Crippen LogP contribution in [0.1, 0.15) is 6.92 Å². The van der Waals surface area contributed by atoms with Crippen molar-refractivity contribution in [2.24, 2.45) is 0 Å². The molecule has 0 amide bonds. The standard InChI is InChI=1S/C10H12ClNO2/c1-8(10(11)13)12(14-2)9-6-4-3-5-7-9/h3-8H,1-2H3/t8-/m0/s1. The van der Waals surface area contributed by atoms with Gasteiger partial charge in [-0.05, 0) is 30.7 Å². The molecule has 0 spiro atoms. The van der Waals surface area contributed by atoms with Gasteiger partial charge in [-0.15, -0.1) is 0 Å². The fraction of sp³-hybridized carbons (Fsp3) is 0.300. The van der Waals surface area contributed by atoms with Gasteiger partial charge in [0, 0.05) is 0 Å². The molecule has 0 aliphatic carbocycles. The highest BCUT2D eigenvalue weighted by Crippen LogP contribution is 2.17. The van der Waals surface area contributed by atoms with Crippen LogP contribution in [-0.4, -0.2) is 18.4 Å². The second kappa shape index (κ2) is 4.98. The molecule has 0 unspecified atom stereocenters. The molecule has 0 N–H and O–H groups in total. The summed E-state index contributed by atoms with van der Waals surface area (Å²) in [6.45, 7) is 1.69. The summed E-state index contributed by atoms with van der Waals surface area (Å²) in [7, 11) is 1.50. The van der Waals surface area contributed by atoms with E-state index in [1.807, 2.05) is 30.3 Å². The largest absolute Gasteiger partial charge is 0.279 e. The SMILES string of the molecule is CON(c1ccccc1)[C@@H](C)C(=O)Cl. The minimum atomic E-state index is -0.496. The van der Waals surface area contributed by atoms with Crippen molar-refractivity contribution in [1.29, 1.82) is 0 Å². The normalized spacial score (nSPS) is 12.2. The first-order valence-electron chi connectivity index (χ1n) is 4.24. The maximum absolute atomic E-state index is 11.0. The van der Waals surface area contributed by atoms with Crippen molar-refractivity contribution in [2.45, 2.75) is 13.0 Å². The minimum absolute atomic E-state index is 0.448. The van der Waals surface area contributed by atoms with Crippen molar-refractivity contribution in [3.05, 3.63) is 30.3 Å². The summed E-state index contributed by atoms with van der Waals surface area (Å²) in [6.07, 6.45) is 0. The summed E-state index contributed by atoms with van der Waals surface area (Å²) < 4.78 is 0. The molecule has 14 heavy (non-hydrogen) atoms. The number of hydroxylamine groups is 1. The molecule has 0 fully saturated rings. The van der Waals surface area contributed by atoms with Crippen molar-refractivity contribution in [3.63, 3.8) is 0 Å². The van der Waals surface area contributed by atoms with Gasteiger partial charge < -0.3 is 0 Å². The predicted molar refractivity (Wildman–Crippen MR) is 56.3 cm³/mol. The number of benzene rings is 1. The fourth-order valence-electron chi connectivity index (χ4n) is 1.15. The van der Waals surface area contributed by atoms with E-state index in [4.69, 9.17) is 16.4 Å². The number of hydrogen-bond acceptors (Lipinski definition) is 3. The molecule has 0 aliphatic rings. The summed E-state index contributed by atoms with van der Waals surface area (Å²) in [5.41, 5.74) is 0.802. The smallest absolute Gasteiger partial charge is 0.246 e. The summed E-state index contributed by atoms with van der Waals surface area (Å²) in [5, 5.41) is 1.02. The van der Waals surface area contributed by atoms with Crippen molar-refractivity contribution in [2.75, 3.05) is 12.2 Å². The molecule has 76 valence electrons. The molecule has 0 aliphatic heterocycles. The monoisotopic (exact) mass is 213 g/mol. The van der Waals surface area contributed by atoms with E-state index in [-0.39, 0.29) is 0 Å². The van der Waals surface area contributed by atoms with Crippen LogP contribution in [0.3, 0.4) is 0 Å². The Morgan fingerprint density at radius 1 is 1.43 bits per heavy atom. The molecule has 0 aromatic heterocycles. The van der Waals surface area contributed by atoms with Gasteiger partial charge >= 0.3 is 0 Å². The third kappa shape index (κ3) is 2.47. The Hall–Kier alpha value is -1.06. The molecule has 1 rings (SSSR count). The number of halogens is 1. The number of nitrogens with zero attached hydrogens (tertiary/aromatic N) is 1. The van der Waals surface area contributed by atoms with Crippen LogP contribution in [0, 0.1) is 0 Å². The maximum Gasteiger partial charge on any atom is 0.246 e. The van der Waals surface area contributed by atoms with E-state index >= 15 is 0 Å². The third-order valence-corrected chi connectivity index (χ3v) is 2.20. The van der Waals surface area contributed by atoms with Crippen LogP contribution in [0.5, 0.6) is 0 Å². The predicted octanol–water partition coefficient (Wildman–Crippen LogP) is 2.21. The lowest BCUT2D eigenvalue weighted by Gasteiger charge is -2.25. The Morgan fingerprint density at radius 3 is 2.43 bits per heavy atom. The molecule has 3 nitrogen and oxygen atoms in total. The van der Waals surface area contributed by atoms with Crippen molar-refractivity contribution >= 4 is 22.5 Å². The first-order chi connectivity index (χ1) is 6.66. The maximum atomic E-state index is 11.0. The van der Waals surface area contributed by atoms with Crippen LogP contribution in [0.25, 0.3) is 0 Å². The Morgan fingerprint density at radius 2 is 2.00 bits per heavy atom. The third-order valence-electron chi connectivity index (χ3n) is 1.89. The van der Waals surface area contributed by atoms with Crippen molar-refractivity contribution in [1.82, 2.24) is 0 Å². The Labute approximate surface area is 88.2 Å². The van der Waals surface area contributed by atoms with E-state index in [2.05, 4.69) is 0 Å².